The third-order valence-corrected chi connectivity index (χ3v) is 2.67. The number of aryl methyl sites for hydroxylation is 1. The van der Waals surface area contributed by atoms with Crippen molar-refractivity contribution in [3.8, 4) is 17.6 Å². The Morgan fingerprint density at radius 2 is 2.11 bits per heavy atom. The summed E-state index contributed by atoms with van der Waals surface area (Å²) in [5.41, 5.74) is 2.00. The van der Waals surface area contributed by atoms with E-state index in [9.17, 15) is 0 Å². The van der Waals surface area contributed by atoms with E-state index >= 15 is 0 Å². The zero-order valence-electron chi connectivity index (χ0n) is 11.5. The molecular formula is C16H22O2. The maximum atomic E-state index is 8.64. The number of hydrogen-bond acceptors (Lipinski definition) is 2. The van der Waals surface area contributed by atoms with Crippen LogP contribution in [0.2, 0.25) is 0 Å². The fourth-order valence-electron chi connectivity index (χ4n) is 1.70. The Kier molecular flexibility index (Phi) is 6.32. The largest absolute Gasteiger partial charge is 0.493 e. The zero-order chi connectivity index (χ0) is 13.4. The molecule has 1 N–H and O–H groups in total. The van der Waals surface area contributed by atoms with Crippen LogP contribution in [0.25, 0.3) is 0 Å². The van der Waals surface area contributed by atoms with Crippen molar-refractivity contribution in [3.63, 3.8) is 0 Å². The van der Waals surface area contributed by atoms with Crippen LogP contribution in [0.15, 0.2) is 18.2 Å². The molecule has 98 valence electrons. The van der Waals surface area contributed by atoms with Crippen molar-refractivity contribution >= 4 is 0 Å². The Morgan fingerprint density at radius 3 is 2.72 bits per heavy atom. The molecule has 0 saturated heterocycles. The Bertz CT molecular complexity index is 424. The molecule has 0 aliphatic heterocycles. The predicted octanol–water partition coefficient (Wildman–Crippen LogP) is 3.15. The van der Waals surface area contributed by atoms with Gasteiger partial charge in [-0.05, 0) is 49.4 Å². The molecule has 18 heavy (non-hydrogen) atoms. The van der Waals surface area contributed by atoms with Crippen molar-refractivity contribution < 1.29 is 9.84 Å². The lowest BCUT2D eigenvalue weighted by Crippen LogP contribution is -2.01. The summed E-state index contributed by atoms with van der Waals surface area (Å²) in [6.07, 6.45) is 2.28. The van der Waals surface area contributed by atoms with Crippen LogP contribution in [0, 0.1) is 24.7 Å². The highest BCUT2D eigenvalue weighted by Crippen LogP contribution is 2.19. The van der Waals surface area contributed by atoms with Crippen molar-refractivity contribution in [3.05, 3.63) is 29.3 Å². The molecule has 0 spiro atoms. The zero-order valence-corrected chi connectivity index (χ0v) is 11.5. The van der Waals surface area contributed by atoms with Crippen molar-refractivity contribution in [2.45, 2.75) is 33.6 Å². The third-order valence-electron chi connectivity index (χ3n) is 2.67. The van der Waals surface area contributed by atoms with Gasteiger partial charge in [-0.25, -0.2) is 0 Å². The number of benzene rings is 1. The smallest absolute Gasteiger partial charge is 0.122 e. The van der Waals surface area contributed by atoms with Crippen molar-refractivity contribution in [1.82, 2.24) is 0 Å². The van der Waals surface area contributed by atoms with E-state index in [2.05, 4.69) is 25.7 Å². The molecule has 1 rings (SSSR count). The molecule has 0 aliphatic rings. The van der Waals surface area contributed by atoms with Gasteiger partial charge in [0.25, 0.3) is 0 Å². The van der Waals surface area contributed by atoms with Crippen LogP contribution < -0.4 is 4.74 Å². The van der Waals surface area contributed by atoms with Crippen molar-refractivity contribution in [2.24, 2.45) is 5.92 Å². The standard InChI is InChI=1S/C16H22O2/c1-13(2)6-5-11-18-16-9-8-15(7-4-10-17)12-14(16)3/h8-9,12-13,17H,5-6,10-11H2,1-3H3. The van der Waals surface area contributed by atoms with Crippen LogP contribution in [0.3, 0.4) is 0 Å². The molecule has 0 amide bonds. The van der Waals surface area contributed by atoms with Crippen molar-refractivity contribution in [2.75, 3.05) is 13.2 Å². The fourth-order valence-corrected chi connectivity index (χ4v) is 1.70. The predicted molar refractivity (Wildman–Crippen MR) is 74.7 cm³/mol. The van der Waals surface area contributed by atoms with Gasteiger partial charge in [-0.1, -0.05) is 25.7 Å². The van der Waals surface area contributed by atoms with Gasteiger partial charge in [-0.2, -0.15) is 0 Å². The molecule has 2 nitrogen and oxygen atoms in total. The van der Waals surface area contributed by atoms with E-state index in [0.29, 0.717) is 0 Å². The Morgan fingerprint density at radius 1 is 1.33 bits per heavy atom. The average molecular weight is 246 g/mol. The summed E-state index contributed by atoms with van der Waals surface area (Å²) in [7, 11) is 0. The second-order valence-corrected chi connectivity index (χ2v) is 4.82. The molecule has 0 bridgehead atoms. The molecule has 0 heterocycles. The highest BCUT2D eigenvalue weighted by Gasteiger charge is 2.01. The summed E-state index contributed by atoms with van der Waals surface area (Å²) in [6.45, 7) is 7.12. The number of rotatable bonds is 5. The first-order valence-corrected chi connectivity index (χ1v) is 6.46. The van der Waals surface area contributed by atoms with Crippen LogP contribution in [0.1, 0.15) is 37.8 Å². The molecule has 0 fully saturated rings. The maximum absolute atomic E-state index is 8.64. The fraction of sp³-hybridized carbons (Fsp3) is 0.500. The topological polar surface area (TPSA) is 29.5 Å². The first-order chi connectivity index (χ1) is 8.63. The van der Waals surface area contributed by atoms with Gasteiger partial charge >= 0.3 is 0 Å². The maximum Gasteiger partial charge on any atom is 0.122 e. The van der Waals surface area contributed by atoms with Gasteiger partial charge in [0.15, 0.2) is 0 Å². The summed E-state index contributed by atoms with van der Waals surface area (Å²) >= 11 is 0. The van der Waals surface area contributed by atoms with Crippen LogP contribution in [-0.4, -0.2) is 18.3 Å². The normalized spacial score (nSPS) is 10.1. The Hall–Kier alpha value is -1.46. The summed E-state index contributed by atoms with van der Waals surface area (Å²) in [6, 6.07) is 5.86. The Balaban J connectivity index is 2.52. The number of aliphatic hydroxyl groups is 1. The van der Waals surface area contributed by atoms with E-state index in [-0.39, 0.29) is 6.61 Å². The van der Waals surface area contributed by atoms with E-state index in [0.717, 1.165) is 35.8 Å². The first kappa shape index (κ1) is 14.6. The molecule has 0 saturated carbocycles. The van der Waals surface area contributed by atoms with Gasteiger partial charge in [0.1, 0.15) is 12.4 Å². The highest BCUT2D eigenvalue weighted by molar-refractivity contribution is 5.43. The van der Waals surface area contributed by atoms with E-state index in [4.69, 9.17) is 9.84 Å². The molecule has 0 aliphatic carbocycles. The summed E-state index contributed by atoms with van der Waals surface area (Å²) in [4.78, 5) is 0. The number of ether oxygens (including phenoxy) is 1. The van der Waals surface area contributed by atoms with Crippen LogP contribution >= 0.6 is 0 Å². The second-order valence-electron chi connectivity index (χ2n) is 4.82. The number of aliphatic hydroxyl groups excluding tert-OH is 1. The van der Waals surface area contributed by atoms with Gasteiger partial charge < -0.3 is 9.84 Å². The molecule has 0 radical (unpaired) electrons. The number of hydrogen-bond donors (Lipinski definition) is 1. The highest BCUT2D eigenvalue weighted by atomic mass is 16.5. The molecule has 0 atom stereocenters. The lowest BCUT2D eigenvalue weighted by molar-refractivity contribution is 0.296. The van der Waals surface area contributed by atoms with Gasteiger partial charge in [0.05, 0.1) is 6.61 Å². The molecule has 1 aromatic rings. The molecule has 0 aromatic heterocycles. The quantitative estimate of drug-likeness (QED) is 0.639. The monoisotopic (exact) mass is 246 g/mol. The third kappa shape index (κ3) is 5.25. The van der Waals surface area contributed by atoms with Gasteiger partial charge in [0, 0.05) is 5.56 Å². The van der Waals surface area contributed by atoms with Crippen molar-refractivity contribution in [1.29, 1.82) is 0 Å². The molecule has 0 unspecified atom stereocenters. The average Bonchev–Trinajstić information content (AvgIpc) is 2.33. The minimum Gasteiger partial charge on any atom is -0.493 e. The lowest BCUT2D eigenvalue weighted by atomic mass is 10.1. The van der Waals surface area contributed by atoms with Gasteiger partial charge in [-0.3, -0.25) is 0 Å². The van der Waals surface area contributed by atoms with E-state index in [1.165, 1.54) is 6.42 Å². The van der Waals surface area contributed by atoms with E-state index in [1.807, 2.05) is 25.1 Å². The van der Waals surface area contributed by atoms with E-state index in [1.54, 1.807) is 0 Å². The van der Waals surface area contributed by atoms with Gasteiger partial charge in [0.2, 0.25) is 0 Å². The van der Waals surface area contributed by atoms with Gasteiger partial charge in [-0.15, -0.1) is 0 Å². The molecule has 2 heteroatoms. The summed E-state index contributed by atoms with van der Waals surface area (Å²) in [5, 5.41) is 8.64. The molecular weight excluding hydrogens is 224 g/mol. The lowest BCUT2D eigenvalue weighted by Gasteiger charge is -2.10. The summed E-state index contributed by atoms with van der Waals surface area (Å²) < 4.78 is 5.75. The molecule has 1 aromatic carbocycles. The minimum atomic E-state index is -0.105. The minimum absolute atomic E-state index is 0.105. The second kappa shape index (κ2) is 7.79. The van der Waals surface area contributed by atoms with Crippen LogP contribution in [0.4, 0.5) is 0 Å². The first-order valence-electron chi connectivity index (χ1n) is 6.46. The SMILES string of the molecule is Cc1cc(C#CCO)ccc1OCCCC(C)C. The Labute approximate surface area is 110 Å². The van der Waals surface area contributed by atoms with Crippen LogP contribution in [0.5, 0.6) is 5.75 Å². The van der Waals surface area contributed by atoms with Crippen LogP contribution in [-0.2, 0) is 0 Å². The van der Waals surface area contributed by atoms with E-state index < -0.39 is 0 Å². The summed E-state index contributed by atoms with van der Waals surface area (Å²) in [5.74, 6) is 7.18.